The van der Waals surface area contributed by atoms with Crippen molar-refractivity contribution in [1.29, 1.82) is 0 Å². The maximum absolute atomic E-state index is 12.0. The third kappa shape index (κ3) is 2.02. The number of aliphatic imine (C=N–C) groups is 1. The zero-order chi connectivity index (χ0) is 8.65. The fraction of sp³-hybridized carbons (Fsp3) is 0.800. The summed E-state index contributed by atoms with van der Waals surface area (Å²) in [5, 5.41) is 0.396. The monoisotopic (exact) mass is 203 g/mol. The Balaban J connectivity index is 2.74. The largest absolute Gasteiger partial charge is 0.413 e. The van der Waals surface area contributed by atoms with Gasteiger partial charge in [-0.1, -0.05) is 11.8 Å². The molecule has 1 aliphatic rings. The number of rotatable bonds is 0. The number of thioether (sulfide) groups is 1. The first-order valence-electron chi connectivity index (χ1n) is 2.83. The van der Waals surface area contributed by atoms with Crippen LogP contribution in [0.25, 0.3) is 0 Å². The average Bonchev–Trinajstić information content (AvgIpc) is 2.08. The van der Waals surface area contributed by atoms with Crippen LogP contribution in [-0.4, -0.2) is 22.0 Å². The molecular formula is C5H5ClF3NS. The number of hydrogen-bond acceptors (Lipinski definition) is 2. The molecule has 0 saturated carbocycles. The van der Waals surface area contributed by atoms with Crippen molar-refractivity contribution in [3.05, 3.63) is 0 Å². The van der Waals surface area contributed by atoms with E-state index in [0.717, 1.165) is 11.8 Å². The standard InChI is InChI=1S/C5H5ClF3NS/c1-2-10-3(4(6)11-2)5(7,8)9/h3-4H,1H3. The van der Waals surface area contributed by atoms with E-state index in [9.17, 15) is 13.2 Å². The summed E-state index contributed by atoms with van der Waals surface area (Å²) in [4.78, 5) is 3.36. The van der Waals surface area contributed by atoms with Gasteiger partial charge in [0.25, 0.3) is 0 Å². The minimum atomic E-state index is -4.31. The Morgan fingerprint density at radius 1 is 1.55 bits per heavy atom. The highest BCUT2D eigenvalue weighted by Gasteiger charge is 2.47. The van der Waals surface area contributed by atoms with Crippen molar-refractivity contribution in [2.75, 3.05) is 0 Å². The van der Waals surface area contributed by atoms with Crippen molar-refractivity contribution in [3.63, 3.8) is 0 Å². The SMILES string of the molecule is CC1=NC(C(F)(F)F)C(Cl)S1. The molecular weight excluding hydrogens is 199 g/mol. The van der Waals surface area contributed by atoms with Gasteiger partial charge in [0.1, 0.15) is 4.71 Å². The van der Waals surface area contributed by atoms with Gasteiger partial charge in [-0.25, -0.2) is 0 Å². The van der Waals surface area contributed by atoms with Gasteiger partial charge in [-0.2, -0.15) is 13.2 Å². The van der Waals surface area contributed by atoms with Gasteiger partial charge in [-0.05, 0) is 6.92 Å². The van der Waals surface area contributed by atoms with E-state index in [1.165, 1.54) is 6.92 Å². The first-order valence-corrected chi connectivity index (χ1v) is 4.14. The van der Waals surface area contributed by atoms with Crippen molar-refractivity contribution in [2.45, 2.75) is 23.9 Å². The van der Waals surface area contributed by atoms with Gasteiger partial charge in [0.2, 0.25) is 0 Å². The summed E-state index contributed by atoms with van der Waals surface area (Å²) >= 11 is 6.34. The summed E-state index contributed by atoms with van der Waals surface area (Å²) in [6.07, 6.45) is -4.31. The summed E-state index contributed by atoms with van der Waals surface area (Å²) in [5.41, 5.74) is 0. The summed E-state index contributed by atoms with van der Waals surface area (Å²) in [7, 11) is 0. The molecule has 1 rings (SSSR count). The number of hydrogen-bond donors (Lipinski definition) is 0. The molecule has 2 atom stereocenters. The molecule has 0 saturated heterocycles. The maximum Gasteiger partial charge on any atom is 0.413 e. The zero-order valence-electron chi connectivity index (χ0n) is 5.52. The van der Waals surface area contributed by atoms with Crippen molar-refractivity contribution in [3.8, 4) is 0 Å². The Hall–Kier alpha value is 0.1000. The van der Waals surface area contributed by atoms with Gasteiger partial charge in [0.15, 0.2) is 6.04 Å². The van der Waals surface area contributed by atoms with Crippen molar-refractivity contribution >= 4 is 28.4 Å². The van der Waals surface area contributed by atoms with Crippen LogP contribution >= 0.6 is 23.4 Å². The number of halogens is 4. The predicted molar refractivity (Wildman–Crippen MR) is 40.2 cm³/mol. The van der Waals surface area contributed by atoms with Gasteiger partial charge in [0.05, 0.1) is 5.04 Å². The fourth-order valence-electron chi connectivity index (χ4n) is 0.734. The summed E-state index contributed by atoms with van der Waals surface area (Å²) < 4.78 is 34.9. The van der Waals surface area contributed by atoms with E-state index in [-0.39, 0.29) is 0 Å². The quantitative estimate of drug-likeness (QED) is 0.552. The smallest absolute Gasteiger partial charge is 0.268 e. The Bertz CT molecular complexity index is 191. The Morgan fingerprint density at radius 2 is 2.09 bits per heavy atom. The minimum absolute atomic E-state index is 0.396. The Labute approximate surface area is 71.0 Å². The van der Waals surface area contributed by atoms with Crippen molar-refractivity contribution in [2.24, 2.45) is 4.99 Å². The maximum atomic E-state index is 12.0. The molecule has 11 heavy (non-hydrogen) atoms. The molecule has 0 amide bonds. The summed E-state index contributed by atoms with van der Waals surface area (Å²) in [5.74, 6) is 0. The van der Waals surface area contributed by atoms with E-state index in [1.807, 2.05) is 0 Å². The van der Waals surface area contributed by atoms with Gasteiger partial charge >= 0.3 is 6.18 Å². The molecule has 2 unspecified atom stereocenters. The van der Waals surface area contributed by atoms with Gasteiger partial charge in [-0.3, -0.25) is 4.99 Å². The van der Waals surface area contributed by atoms with Crippen LogP contribution in [0, 0.1) is 0 Å². The normalized spacial score (nSPS) is 32.3. The molecule has 1 nitrogen and oxygen atoms in total. The predicted octanol–water partition coefficient (Wildman–Crippen LogP) is 2.65. The second kappa shape index (κ2) is 2.86. The lowest BCUT2D eigenvalue weighted by atomic mass is 10.3. The van der Waals surface area contributed by atoms with E-state index in [0.29, 0.717) is 5.04 Å². The van der Waals surface area contributed by atoms with Crippen molar-refractivity contribution < 1.29 is 13.2 Å². The molecule has 64 valence electrons. The molecule has 0 spiro atoms. The lowest BCUT2D eigenvalue weighted by Crippen LogP contribution is -2.31. The molecule has 0 fully saturated rings. The molecule has 0 N–H and O–H groups in total. The number of alkyl halides is 4. The van der Waals surface area contributed by atoms with E-state index >= 15 is 0 Å². The fourth-order valence-corrected chi connectivity index (χ4v) is 2.16. The van der Waals surface area contributed by atoms with Gasteiger partial charge in [0, 0.05) is 0 Å². The van der Waals surface area contributed by atoms with Gasteiger partial charge < -0.3 is 0 Å². The molecule has 0 aromatic carbocycles. The van der Waals surface area contributed by atoms with E-state index in [2.05, 4.69) is 4.99 Å². The highest BCUT2D eigenvalue weighted by atomic mass is 35.5. The molecule has 0 aromatic heterocycles. The summed E-state index contributed by atoms with van der Waals surface area (Å²) in [6, 6.07) is -1.73. The van der Waals surface area contributed by atoms with Crippen LogP contribution in [0.1, 0.15) is 6.92 Å². The molecule has 6 heteroatoms. The first-order chi connectivity index (χ1) is 4.91. The van der Waals surface area contributed by atoms with E-state index in [1.54, 1.807) is 0 Å². The minimum Gasteiger partial charge on any atom is -0.268 e. The van der Waals surface area contributed by atoms with E-state index in [4.69, 9.17) is 11.6 Å². The van der Waals surface area contributed by atoms with Crippen LogP contribution in [-0.2, 0) is 0 Å². The molecule has 0 aliphatic carbocycles. The molecule has 1 heterocycles. The molecule has 0 aromatic rings. The van der Waals surface area contributed by atoms with Crippen LogP contribution in [0.4, 0.5) is 13.2 Å². The molecule has 0 radical (unpaired) electrons. The molecule has 0 bridgehead atoms. The Morgan fingerprint density at radius 3 is 2.27 bits per heavy atom. The van der Waals surface area contributed by atoms with Gasteiger partial charge in [-0.15, -0.1) is 11.6 Å². The Kier molecular flexibility index (Phi) is 2.39. The topological polar surface area (TPSA) is 12.4 Å². The highest BCUT2D eigenvalue weighted by Crippen LogP contribution is 2.38. The van der Waals surface area contributed by atoms with E-state index < -0.39 is 16.9 Å². The van der Waals surface area contributed by atoms with Crippen LogP contribution < -0.4 is 0 Å². The second-order valence-electron chi connectivity index (χ2n) is 2.10. The van der Waals surface area contributed by atoms with Crippen molar-refractivity contribution in [1.82, 2.24) is 0 Å². The van der Waals surface area contributed by atoms with Crippen LogP contribution in [0.2, 0.25) is 0 Å². The third-order valence-corrected chi connectivity index (χ3v) is 2.62. The zero-order valence-corrected chi connectivity index (χ0v) is 7.09. The lowest BCUT2D eigenvalue weighted by molar-refractivity contribution is -0.142. The van der Waals surface area contributed by atoms with Crippen LogP contribution in [0.5, 0.6) is 0 Å². The third-order valence-electron chi connectivity index (χ3n) is 1.19. The highest BCUT2D eigenvalue weighted by molar-refractivity contribution is 8.15. The average molecular weight is 204 g/mol. The lowest BCUT2D eigenvalue weighted by Gasteiger charge is -2.13. The first kappa shape index (κ1) is 9.19. The summed E-state index contributed by atoms with van der Waals surface area (Å²) in [6.45, 7) is 1.52. The molecule has 1 aliphatic heterocycles. The second-order valence-corrected chi connectivity index (χ2v) is 4.17. The van der Waals surface area contributed by atoms with Crippen LogP contribution in [0.15, 0.2) is 4.99 Å². The van der Waals surface area contributed by atoms with Crippen LogP contribution in [0.3, 0.4) is 0 Å². The number of nitrogens with zero attached hydrogens (tertiary/aromatic N) is 1.